The second-order valence-electron chi connectivity index (χ2n) is 3.78. The highest BCUT2D eigenvalue weighted by Gasteiger charge is 2.56. The molecule has 0 aliphatic heterocycles. The maximum Gasteiger partial charge on any atom is 0.392 e. The normalized spacial score (nSPS) is 25.0. The summed E-state index contributed by atoms with van der Waals surface area (Å²) in [6.07, 6.45) is -3.32. The number of carbonyl (C=O) groups excluding carboxylic acids is 1. The van der Waals surface area contributed by atoms with Gasteiger partial charge in [0, 0.05) is 5.56 Å². The van der Waals surface area contributed by atoms with Crippen LogP contribution in [0.25, 0.3) is 0 Å². The van der Waals surface area contributed by atoms with Crippen molar-refractivity contribution in [2.45, 2.75) is 18.5 Å². The van der Waals surface area contributed by atoms with Crippen LogP contribution in [0.15, 0.2) is 24.3 Å². The fourth-order valence-electron chi connectivity index (χ4n) is 1.79. The Kier molecular flexibility index (Phi) is 2.29. The molecule has 1 aliphatic rings. The van der Waals surface area contributed by atoms with Crippen molar-refractivity contribution in [1.29, 1.82) is 0 Å². The maximum atomic E-state index is 12.3. The van der Waals surface area contributed by atoms with Crippen molar-refractivity contribution in [2.75, 3.05) is 0 Å². The van der Waals surface area contributed by atoms with Crippen molar-refractivity contribution < 1.29 is 18.0 Å². The minimum Gasteiger partial charge on any atom is -0.298 e. The third-order valence-corrected chi connectivity index (χ3v) is 2.69. The van der Waals surface area contributed by atoms with Crippen LogP contribution in [0.1, 0.15) is 28.3 Å². The molecule has 15 heavy (non-hydrogen) atoms. The Morgan fingerprint density at radius 1 is 1.33 bits per heavy atom. The predicted molar refractivity (Wildman–Crippen MR) is 48.7 cm³/mol. The molecule has 0 saturated heterocycles. The van der Waals surface area contributed by atoms with Gasteiger partial charge in [0.15, 0.2) is 0 Å². The van der Waals surface area contributed by atoms with Gasteiger partial charge in [-0.05, 0) is 24.0 Å². The van der Waals surface area contributed by atoms with E-state index in [0.717, 1.165) is 0 Å². The number of benzene rings is 1. The average molecular weight is 214 g/mol. The molecule has 1 aliphatic carbocycles. The number of carbonyl (C=O) groups is 1. The van der Waals surface area contributed by atoms with Crippen molar-refractivity contribution in [1.82, 2.24) is 0 Å². The summed E-state index contributed by atoms with van der Waals surface area (Å²) in [5, 5.41) is 0. The Morgan fingerprint density at radius 2 is 2.07 bits per heavy atom. The first-order valence-electron chi connectivity index (χ1n) is 4.64. The summed E-state index contributed by atoms with van der Waals surface area (Å²) in [6, 6.07) is 6.37. The van der Waals surface area contributed by atoms with Crippen LogP contribution < -0.4 is 0 Å². The van der Waals surface area contributed by atoms with E-state index in [4.69, 9.17) is 0 Å². The fourth-order valence-corrected chi connectivity index (χ4v) is 1.79. The van der Waals surface area contributed by atoms with Gasteiger partial charge in [0.1, 0.15) is 6.29 Å². The summed E-state index contributed by atoms with van der Waals surface area (Å²) in [4.78, 5) is 10.5. The van der Waals surface area contributed by atoms with Crippen LogP contribution in [0.3, 0.4) is 0 Å². The molecule has 0 bridgehead atoms. The molecule has 1 nitrogen and oxygen atoms in total. The number of aldehydes is 1. The summed E-state index contributed by atoms with van der Waals surface area (Å²) in [6.45, 7) is 0. The Hall–Kier alpha value is -1.32. The quantitative estimate of drug-likeness (QED) is 0.691. The molecule has 0 amide bonds. The Morgan fingerprint density at radius 3 is 2.60 bits per heavy atom. The van der Waals surface area contributed by atoms with Gasteiger partial charge in [0.2, 0.25) is 0 Å². The molecule has 1 aromatic carbocycles. The van der Waals surface area contributed by atoms with E-state index in [0.29, 0.717) is 17.4 Å². The van der Waals surface area contributed by atoms with Crippen molar-refractivity contribution in [3.8, 4) is 0 Å². The largest absolute Gasteiger partial charge is 0.392 e. The number of alkyl halides is 3. The molecule has 0 unspecified atom stereocenters. The minimum absolute atomic E-state index is 0.145. The third-order valence-electron chi connectivity index (χ3n) is 2.69. The van der Waals surface area contributed by atoms with E-state index in [2.05, 4.69) is 0 Å². The highest BCUT2D eigenvalue weighted by atomic mass is 19.4. The van der Waals surface area contributed by atoms with Gasteiger partial charge in [-0.2, -0.15) is 13.2 Å². The van der Waals surface area contributed by atoms with Gasteiger partial charge in [-0.25, -0.2) is 0 Å². The molecule has 0 heterocycles. The van der Waals surface area contributed by atoms with Gasteiger partial charge in [-0.3, -0.25) is 4.79 Å². The second kappa shape index (κ2) is 3.36. The second-order valence-corrected chi connectivity index (χ2v) is 3.78. The number of hydrogen-bond acceptors (Lipinski definition) is 1. The van der Waals surface area contributed by atoms with Gasteiger partial charge in [0.05, 0.1) is 5.92 Å². The van der Waals surface area contributed by atoms with Crippen molar-refractivity contribution in [2.24, 2.45) is 5.92 Å². The van der Waals surface area contributed by atoms with E-state index in [9.17, 15) is 18.0 Å². The van der Waals surface area contributed by atoms with Crippen LogP contribution in [-0.4, -0.2) is 12.5 Å². The number of hydrogen-bond donors (Lipinski definition) is 0. The van der Waals surface area contributed by atoms with Crippen LogP contribution in [0.4, 0.5) is 13.2 Å². The molecule has 1 aromatic rings. The molecule has 0 radical (unpaired) electrons. The molecule has 1 saturated carbocycles. The molecule has 1 fully saturated rings. The van der Waals surface area contributed by atoms with Crippen LogP contribution in [0.2, 0.25) is 0 Å². The van der Waals surface area contributed by atoms with E-state index < -0.39 is 18.0 Å². The first-order valence-corrected chi connectivity index (χ1v) is 4.64. The lowest BCUT2D eigenvalue weighted by molar-refractivity contribution is -0.148. The minimum atomic E-state index is -4.11. The standard InChI is InChI=1S/C11H9F3O/c12-11(13,14)10-5-9(10)8-3-1-2-7(4-8)6-15/h1-4,6,9-10H,5H2/t9-,10+/m0/s1. The zero-order chi connectivity index (χ0) is 11.1. The van der Waals surface area contributed by atoms with Crippen molar-refractivity contribution >= 4 is 6.29 Å². The van der Waals surface area contributed by atoms with Crippen molar-refractivity contribution in [3.05, 3.63) is 35.4 Å². The lowest BCUT2D eigenvalue weighted by Gasteiger charge is -2.05. The van der Waals surface area contributed by atoms with Crippen LogP contribution in [0, 0.1) is 5.92 Å². The monoisotopic (exact) mass is 214 g/mol. The van der Waals surface area contributed by atoms with Gasteiger partial charge in [0.25, 0.3) is 0 Å². The number of halogens is 3. The summed E-state index contributed by atoms with van der Waals surface area (Å²) in [5.41, 5.74) is 1.04. The zero-order valence-corrected chi connectivity index (χ0v) is 7.79. The summed E-state index contributed by atoms with van der Waals surface area (Å²) >= 11 is 0. The summed E-state index contributed by atoms with van der Waals surface area (Å²) in [7, 11) is 0. The first kappa shape index (κ1) is 10.2. The third kappa shape index (κ3) is 2.03. The van der Waals surface area contributed by atoms with E-state index in [1.807, 2.05) is 0 Å². The first-order chi connectivity index (χ1) is 7.02. The molecular weight excluding hydrogens is 205 g/mol. The molecule has 0 N–H and O–H groups in total. The Labute approximate surface area is 84.9 Å². The van der Waals surface area contributed by atoms with Crippen molar-refractivity contribution in [3.63, 3.8) is 0 Å². The molecular formula is C11H9F3O. The van der Waals surface area contributed by atoms with E-state index in [-0.39, 0.29) is 6.42 Å². The fraction of sp³-hybridized carbons (Fsp3) is 0.364. The van der Waals surface area contributed by atoms with Gasteiger partial charge >= 0.3 is 6.18 Å². The topological polar surface area (TPSA) is 17.1 Å². The molecule has 0 spiro atoms. The lowest BCUT2D eigenvalue weighted by Crippen LogP contribution is -2.11. The summed E-state index contributed by atoms with van der Waals surface area (Å²) in [5.74, 6) is -1.68. The molecule has 2 rings (SSSR count). The highest BCUT2D eigenvalue weighted by Crippen LogP contribution is 2.56. The van der Waals surface area contributed by atoms with Gasteiger partial charge in [-0.15, -0.1) is 0 Å². The van der Waals surface area contributed by atoms with E-state index in [1.54, 1.807) is 18.2 Å². The summed E-state index contributed by atoms with van der Waals surface area (Å²) < 4.78 is 36.9. The molecule has 0 aromatic heterocycles. The highest BCUT2D eigenvalue weighted by molar-refractivity contribution is 5.75. The Balaban J connectivity index is 2.16. The van der Waals surface area contributed by atoms with Gasteiger partial charge < -0.3 is 0 Å². The predicted octanol–water partition coefficient (Wildman–Crippen LogP) is 3.16. The van der Waals surface area contributed by atoms with Gasteiger partial charge in [-0.1, -0.05) is 18.2 Å². The van der Waals surface area contributed by atoms with E-state index >= 15 is 0 Å². The number of rotatable bonds is 2. The maximum absolute atomic E-state index is 12.3. The van der Waals surface area contributed by atoms with Crippen LogP contribution in [0.5, 0.6) is 0 Å². The molecule has 2 atom stereocenters. The average Bonchev–Trinajstić information content (AvgIpc) is 2.96. The van der Waals surface area contributed by atoms with Crippen LogP contribution >= 0.6 is 0 Å². The zero-order valence-electron chi connectivity index (χ0n) is 7.79. The van der Waals surface area contributed by atoms with E-state index in [1.165, 1.54) is 6.07 Å². The smallest absolute Gasteiger partial charge is 0.298 e. The molecule has 80 valence electrons. The Bertz CT molecular complexity index is 384. The van der Waals surface area contributed by atoms with Crippen LogP contribution in [-0.2, 0) is 0 Å². The SMILES string of the molecule is O=Cc1cccc([C@@H]2C[C@H]2C(F)(F)F)c1. The molecule has 4 heteroatoms. The lowest BCUT2D eigenvalue weighted by atomic mass is 10.1.